The summed E-state index contributed by atoms with van der Waals surface area (Å²) in [6, 6.07) is 0.515. The summed E-state index contributed by atoms with van der Waals surface area (Å²) in [4.78, 5) is 12.7. The maximum Gasteiger partial charge on any atom is 0.323 e. The smallest absolute Gasteiger partial charge is 0.323 e. The van der Waals surface area contributed by atoms with Crippen LogP contribution in [0, 0.1) is 5.92 Å². The first-order valence-electron chi connectivity index (χ1n) is 7.20. The van der Waals surface area contributed by atoms with Crippen molar-refractivity contribution in [3.05, 3.63) is 0 Å². The zero-order valence-electron chi connectivity index (χ0n) is 12.1. The highest BCUT2D eigenvalue weighted by Crippen LogP contribution is 2.26. The van der Waals surface area contributed by atoms with E-state index in [4.69, 9.17) is 4.74 Å². The molecule has 1 aliphatic carbocycles. The van der Waals surface area contributed by atoms with Gasteiger partial charge in [0.15, 0.2) is 0 Å². The number of aromatic nitrogens is 3. The van der Waals surface area contributed by atoms with Crippen LogP contribution in [0.5, 0.6) is 6.01 Å². The largest absolute Gasteiger partial charge is 0.464 e. The monoisotopic (exact) mass is 281 g/mol. The van der Waals surface area contributed by atoms with Crippen LogP contribution < -0.4 is 15.4 Å². The second kappa shape index (κ2) is 7.23. The van der Waals surface area contributed by atoms with Crippen LogP contribution in [0.3, 0.4) is 0 Å². The fourth-order valence-electron chi connectivity index (χ4n) is 2.51. The number of rotatable bonds is 6. The lowest BCUT2D eigenvalue weighted by Crippen LogP contribution is -2.35. The van der Waals surface area contributed by atoms with Gasteiger partial charge in [-0.2, -0.15) is 15.0 Å². The molecule has 0 saturated heterocycles. The molecule has 2 rings (SSSR count). The lowest BCUT2D eigenvalue weighted by atomic mass is 9.85. The van der Waals surface area contributed by atoms with Crippen molar-refractivity contribution < 1.29 is 9.84 Å². The molecule has 0 radical (unpaired) electrons. The van der Waals surface area contributed by atoms with Crippen LogP contribution >= 0.6 is 0 Å². The second-order valence-corrected chi connectivity index (χ2v) is 4.93. The molecule has 0 aliphatic heterocycles. The molecule has 112 valence electrons. The first-order valence-corrected chi connectivity index (χ1v) is 7.20. The zero-order valence-corrected chi connectivity index (χ0v) is 12.1. The van der Waals surface area contributed by atoms with Crippen LogP contribution in [0.2, 0.25) is 0 Å². The van der Waals surface area contributed by atoms with Gasteiger partial charge in [0, 0.05) is 25.6 Å². The lowest BCUT2D eigenvalue weighted by Gasteiger charge is -2.30. The van der Waals surface area contributed by atoms with Crippen molar-refractivity contribution in [3.63, 3.8) is 0 Å². The molecule has 20 heavy (non-hydrogen) atoms. The first-order chi connectivity index (χ1) is 9.76. The Morgan fingerprint density at radius 2 is 1.95 bits per heavy atom. The number of nitrogens with one attached hydrogen (secondary N) is 2. The molecule has 3 N–H and O–H groups in total. The van der Waals surface area contributed by atoms with Gasteiger partial charge in [0.25, 0.3) is 0 Å². The minimum absolute atomic E-state index is 0.194. The number of hydrogen-bond acceptors (Lipinski definition) is 7. The van der Waals surface area contributed by atoms with Gasteiger partial charge in [-0.05, 0) is 19.8 Å². The van der Waals surface area contributed by atoms with E-state index in [2.05, 4.69) is 25.6 Å². The third-order valence-corrected chi connectivity index (χ3v) is 3.57. The third kappa shape index (κ3) is 3.69. The number of aliphatic hydroxyl groups is 1. The molecule has 1 saturated carbocycles. The van der Waals surface area contributed by atoms with Crippen molar-refractivity contribution in [2.45, 2.75) is 38.6 Å². The summed E-state index contributed by atoms with van der Waals surface area (Å²) in [7, 11) is 1.76. The highest BCUT2D eigenvalue weighted by Gasteiger charge is 2.25. The topological polar surface area (TPSA) is 92.2 Å². The minimum Gasteiger partial charge on any atom is -0.464 e. The van der Waals surface area contributed by atoms with Gasteiger partial charge in [-0.25, -0.2) is 0 Å². The maximum absolute atomic E-state index is 9.45. The normalized spacial score (nSPS) is 22.4. The van der Waals surface area contributed by atoms with Gasteiger partial charge in [-0.1, -0.05) is 12.8 Å². The van der Waals surface area contributed by atoms with Crippen LogP contribution in [-0.4, -0.2) is 46.4 Å². The van der Waals surface area contributed by atoms with Gasteiger partial charge >= 0.3 is 6.01 Å². The first kappa shape index (κ1) is 14.8. The Hall–Kier alpha value is -1.63. The van der Waals surface area contributed by atoms with E-state index in [-0.39, 0.29) is 18.6 Å². The Bertz CT molecular complexity index is 429. The molecule has 0 aromatic carbocycles. The molecule has 0 bridgehead atoms. The SMILES string of the molecule is CCOc1nc(NC)nc(NC2CCCCC2CO)n1. The van der Waals surface area contributed by atoms with E-state index in [0.717, 1.165) is 19.3 Å². The van der Waals surface area contributed by atoms with Crippen molar-refractivity contribution in [1.82, 2.24) is 15.0 Å². The number of hydrogen-bond donors (Lipinski definition) is 3. The molecule has 2 atom stereocenters. The molecule has 1 heterocycles. The van der Waals surface area contributed by atoms with Crippen molar-refractivity contribution >= 4 is 11.9 Å². The van der Waals surface area contributed by atoms with E-state index in [1.165, 1.54) is 6.42 Å². The van der Waals surface area contributed by atoms with E-state index >= 15 is 0 Å². The second-order valence-electron chi connectivity index (χ2n) is 4.93. The zero-order chi connectivity index (χ0) is 14.4. The lowest BCUT2D eigenvalue weighted by molar-refractivity contribution is 0.178. The predicted molar refractivity (Wildman–Crippen MR) is 77.0 cm³/mol. The molecule has 7 nitrogen and oxygen atoms in total. The molecule has 0 spiro atoms. The molecule has 0 amide bonds. The van der Waals surface area contributed by atoms with E-state index in [0.29, 0.717) is 24.5 Å². The van der Waals surface area contributed by atoms with Crippen LogP contribution in [0.4, 0.5) is 11.9 Å². The average molecular weight is 281 g/mol. The van der Waals surface area contributed by atoms with Gasteiger partial charge in [-0.15, -0.1) is 0 Å². The third-order valence-electron chi connectivity index (χ3n) is 3.57. The fraction of sp³-hybridized carbons (Fsp3) is 0.769. The van der Waals surface area contributed by atoms with Gasteiger partial charge in [0.1, 0.15) is 0 Å². The molecular formula is C13H23N5O2. The summed E-state index contributed by atoms with van der Waals surface area (Å²) < 4.78 is 5.34. The van der Waals surface area contributed by atoms with E-state index in [1.54, 1.807) is 7.05 Å². The number of aliphatic hydroxyl groups excluding tert-OH is 1. The Morgan fingerprint density at radius 1 is 1.20 bits per heavy atom. The quantitative estimate of drug-likeness (QED) is 0.723. The van der Waals surface area contributed by atoms with Crippen molar-refractivity contribution in [3.8, 4) is 6.01 Å². The van der Waals surface area contributed by atoms with E-state index < -0.39 is 0 Å². The Labute approximate surface area is 119 Å². The highest BCUT2D eigenvalue weighted by atomic mass is 16.5. The van der Waals surface area contributed by atoms with E-state index in [9.17, 15) is 5.11 Å². The predicted octanol–water partition coefficient (Wildman–Crippen LogP) is 1.27. The fourth-order valence-corrected chi connectivity index (χ4v) is 2.51. The Balaban J connectivity index is 2.12. The average Bonchev–Trinajstić information content (AvgIpc) is 2.48. The van der Waals surface area contributed by atoms with Gasteiger partial charge in [-0.3, -0.25) is 0 Å². The summed E-state index contributed by atoms with van der Waals surface area (Å²) in [6.45, 7) is 2.59. The maximum atomic E-state index is 9.45. The Kier molecular flexibility index (Phi) is 5.34. The molecular weight excluding hydrogens is 258 g/mol. The van der Waals surface area contributed by atoms with Crippen molar-refractivity contribution in [2.75, 3.05) is 30.9 Å². The van der Waals surface area contributed by atoms with Gasteiger partial charge in [0.2, 0.25) is 11.9 Å². The molecule has 2 unspecified atom stereocenters. The summed E-state index contributed by atoms with van der Waals surface area (Å²) in [5.74, 6) is 1.23. The molecule has 7 heteroatoms. The highest BCUT2D eigenvalue weighted by molar-refractivity contribution is 5.36. The van der Waals surface area contributed by atoms with Gasteiger partial charge in [0.05, 0.1) is 6.61 Å². The molecule has 1 fully saturated rings. The summed E-state index contributed by atoms with van der Waals surface area (Å²) in [5, 5.41) is 15.7. The van der Waals surface area contributed by atoms with Crippen LogP contribution in [0.15, 0.2) is 0 Å². The van der Waals surface area contributed by atoms with Crippen molar-refractivity contribution in [2.24, 2.45) is 5.92 Å². The van der Waals surface area contributed by atoms with E-state index in [1.807, 2.05) is 6.92 Å². The summed E-state index contributed by atoms with van der Waals surface area (Å²) in [5.41, 5.74) is 0. The van der Waals surface area contributed by atoms with Crippen molar-refractivity contribution in [1.29, 1.82) is 0 Å². The molecule has 1 aliphatic rings. The van der Waals surface area contributed by atoms with Gasteiger partial charge < -0.3 is 20.5 Å². The molecule has 1 aromatic heterocycles. The standard InChI is InChI=1S/C13H23N5O2/c1-3-20-13-17-11(14-2)16-12(18-13)15-10-7-5-4-6-9(10)8-19/h9-10,19H,3-8H2,1-2H3,(H2,14,15,16,17,18). The summed E-state index contributed by atoms with van der Waals surface area (Å²) in [6.07, 6.45) is 4.40. The van der Waals surface area contributed by atoms with Crippen LogP contribution in [0.1, 0.15) is 32.6 Å². The summed E-state index contributed by atoms with van der Waals surface area (Å²) >= 11 is 0. The number of ether oxygens (including phenoxy) is 1. The Morgan fingerprint density at radius 3 is 2.65 bits per heavy atom. The minimum atomic E-state index is 0.194. The van der Waals surface area contributed by atoms with Crippen LogP contribution in [-0.2, 0) is 0 Å². The number of nitrogens with zero attached hydrogens (tertiary/aromatic N) is 3. The molecule has 1 aromatic rings. The van der Waals surface area contributed by atoms with Crippen LogP contribution in [0.25, 0.3) is 0 Å². The number of anilines is 2.